The molecule has 0 saturated carbocycles. The summed E-state index contributed by atoms with van der Waals surface area (Å²) in [6, 6.07) is 0. The highest BCUT2D eigenvalue weighted by Crippen LogP contribution is 2.22. The van der Waals surface area contributed by atoms with Gasteiger partial charge in [0.05, 0.1) is 5.38 Å². The van der Waals surface area contributed by atoms with Crippen molar-refractivity contribution in [3.05, 3.63) is 23.6 Å². The van der Waals surface area contributed by atoms with Crippen molar-refractivity contribution in [1.82, 2.24) is 0 Å². The van der Waals surface area contributed by atoms with Crippen LogP contribution in [0.3, 0.4) is 0 Å². The lowest BCUT2D eigenvalue weighted by molar-refractivity contribution is 0.637. The van der Waals surface area contributed by atoms with E-state index in [4.69, 9.17) is 11.6 Å². The lowest BCUT2D eigenvalue weighted by Crippen LogP contribution is -1.99. The molecule has 1 aliphatic rings. The largest absolute Gasteiger partial charge is 0.207 e. The first-order chi connectivity index (χ1) is 4.20. The number of alkyl halides is 1. The van der Waals surface area contributed by atoms with Crippen molar-refractivity contribution in [2.24, 2.45) is 0 Å². The summed E-state index contributed by atoms with van der Waals surface area (Å²) in [5.41, 5.74) is 0.748. The van der Waals surface area contributed by atoms with E-state index in [1.54, 1.807) is 13.0 Å². The molecular weight excluding hydrogens is 139 g/mol. The van der Waals surface area contributed by atoms with Crippen LogP contribution in [0, 0.1) is 0 Å². The van der Waals surface area contributed by atoms with Gasteiger partial charge in [0.2, 0.25) is 0 Å². The number of hydrogen-bond donors (Lipinski definition) is 0. The normalized spacial score (nSPS) is 27.2. The molecule has 0 N–H and O–H groups in total. The highest BCUT2D eigenvalue weighted by Gasteiger charge is 2.09. The van der Waals surface area contributed by atoms with E-state index in [1.807, 2.05) is 0 Å². The Balaban J connectivity index is 2.75. The average molecular weight is 147 g/mol. The topological polar surface area (TPSA) is 0 Å². The molecule has 0 bridgehead atoms. The third-order valence-electron chi connectivity index (χ3n) is 1.36. The van der Waals surface area contributed by atoms with E-state index in [0.717, 1.165) is 5.57 Å². The average Bonchev–Trinajstić information content (AvgIpc) is 1.80. The van der Waals surface area contributed by atoms with Gasteiger partial charge in [0, 0.05) is 0 Å². The monoisotopic (exact) mass is 146 g/mol. The van der Waals surface area contributed by atoms with Crippen molar-refractivity contribution in [3.8, 4) is 0 Å². The van der Waals surface area contributed by atoms with Gasteiger partial charge in [-0.05, 0) is 25.0 Å². The molecule has 1 rings (SSSR count). The summed E-state index contributed by atoms with van der Waals surface area (Å²) < 4.78 is 12.5. The van der Waals surface area contributed by atoms with Crippen molar-refractivity contribution in [3.63, 3.8) is 0 Å². The quantitative estimate of drug-likeness (QED) is 0.461. The van der Waals surface area contributed by atoms with Crippen molar-refractivity contribution in [2.45, 2.75) is 18.7 Å². The van der Waals surface area contributed by atoms with E-state index in [9.17, 15) is 4.39 Å². The first kappa shape index (κ1) is 6.81. The Morgan fingerprint density at radius 2 is 2.44 bits per heavy atom. The van der Waals surface area contributed by atoms with E-state index in [-0.39, 0.29) is 11.2 Å². The number of allylic oxidation sites excluding steroid dienone is 4. The fraction of sp³-hybridized carbons (Fsp3) is 0.429. The van der Waals surface area contributed by atoms with Crippen LogP contribution in [0.2, 0.25) is 0 Å². The molecule has 0 fully saturated rings. The van der Waals surface area contributed by atoms with Gasteiger partial charge in [0.25, 0.3) is 0 Å². The van der Waals surface area contributed by atoms with E-state index in [1.165, 1.54) is 6.08 Å². The van der Waals surface area contributed by atoms with Crippen LogP contribution in [0.25, 0.3) is 0 Å². The summed E-state index contributed by atoms with van der Waals surface area (Å²) >= 11 is 5.69. The fourth-order valence-electron chi connectivity index (χ4n) is 0.789. The molecule has 9 heavy (non-hydrogen) atoms. The third-order valence-corrected chi connectivity index (χ3v) is 1.66. The number of halogens is 2. The van der Waals surface area contributed by atoms with Crippen molar-refractivity contribution >= 4 is 11.6 Å². The number of rotatable bonds is 0. The molecule has 1 aliphatic carbocycles. The van der Waals surface area contributed by atoms with E-state index < -0.39 is 0 Å². The summed E-state index contributed by atoms with van der Waals surface area (Å²) in [5, 5.41) is -0.00972. The molecule has 0 heterocycles. The van der Waals surface area contributed by atoms with Gasteiger partial charge in [-0.15, -0.1) is 11.6 Å². The number of hydrogen-bond acceptors (Lipinski definition) is 0. The van der Waals surface area contributed by atoms with Crippen LogP contribution in [0.5, 0.6) is 0 Å². The molecule has 0 spiro atoms. The molecule has 0 saturated heterocycles. The highest BCUT2D eigenvalue weighted by atomic mass is 35.5. The van der Waals surface area contributed by atoms with Gasteiger partial charge in [-0.2, -0.15) is 0 Å². The van der Waals surface area contributed by atoms with Gasteiger partial charge in [-0.3, -0.25) is 0 Å². The first-order valence-corrected chi connectivity index (χ1v) is 3.31. The molecule has 2 heteroatoms. The summed E-state index contributed by atoms with van der Waals surface area (Å²) in [6.07, 6.45) is 3.74. The summed E-state index contributed by atoms with van der Waals surface area (Å²) in [4.78, 5) is 0. The Morgan fingerprint density at radius 3 is 2.89 bits per heavy atom. The Bertz CT molecular complexity index is 170. The lowest BCUT2D eigenvalue weighted by Gasteiger charge is -2.09. The SMILES string of the molecule is CC1=C(F)C=CC(Cl)C1. The van der Waals surface area contributed by atoms with Gasteiger partial charge >= 0.3 is 0 Å². The lowest BCUT2D eigenvalue weighted by atomic mass is 10.1. The van der Waals surface area contributed by atoms with Crippen LogP contribution < -0.4 is 0 Å². The van der Waals surface area contributed by atoms with Gasteiger partial charge in [-0.1, -0.05) is 6.08 Å². The smallest absolute Gasteiger partial charge is 0.121 e. The summed E-state index contributed by atoms with van der Waals surface area (Å²) in [5.74, 6) is -0.132. The molecule has 0 aromatic rings. The fourth-order valence-corrected chi connectivity index (χ4v) is 1.09. The second kappa shape index (κ2) is 2.53. The Morgan fingerprint density at radius 1 is 1.78 bits per heavy atom. The minimum Gasteiger partial charge on any atom is -0.207 e. The molecule has 50 valence electrons. The van der Waals surface area contributed by atoms with Gasteiger partial charge in [0.1, 0.15) is 5.83 Å². The molecule has 0 aromatic heterocycles. The van der Waals surface area contributed by atoms with Crippen LogP contribution in [0.15, 0.2) is 23.6 Å². The maximum absolute atomic E-state index is 12.5. The molecular formula is C7H8ClF. The van der Waals surface area contributed by atoms with Gasteiger partial charge < -0.3 is 0 Å². The van der Waals surface area contributed by atoms with Crippen LogP contribution in [-0.4, -0.2) is 5.38 Å². The maximum atomic E-state index is 12.5. The highest BCUT2D eigenvalue weighted by molar-refractivity contribution is 6.22. The molecule has 1 unspecified atom stereocenters. The second-order valence-corrected chi connectivity index (χ2v) is 2.77. The van der Waals surface area contributed by atoms with Gasteiger partial charge in [0.15, 0.2) is 0 Å². The predicted molar refractivity (Wildman–Crippen MR) is 37.2 cm³/mol. The van der Waals surface area contributed by atoms with Crippen LogP contribution >= 0.6 is 11.6 Å². The van der Waals surface area contributed by atoms with Crippen LogP contribution in [0.4, 0.5) is 4.39 Å². The van der Waals surface area contributed by atoms with E-state index in [0.29, 0.717) is 6.42 Å². The molecule has 1 atom stereocenters. The zero-order valence-electron chi connectivity index (χ0n) is 5.20. The van der Waals surface area contributed by atoms with Gasteiger partial charge in [-0.25, -0.2) is 4.39 Å². The molecule has 0 amide bonds. The van der Waals surface area contributed by atoms with Crippen LogP contribution in [-0.2, 0) is 0 Å². The minimum absolute atomic E-state index is 0.00972. The zero-order chi connectivity index (χ0) is 6.85. The summed E-state index contributed by atoms with van der Waals surface area (Å²) in [6.45, 7) is 1.76. The first-order valence-electron chi connectivity index (χ1n) is 2.87. The Kier molecular flexibility index (Phi) is 1.91. The summed E-state index contributed by atoms with van der Waals surface area (Å²) in [7, 11) is 0. The third kappa shape index (κ3) is 1.55. The molecule has 0 radical (unpaired) electrons. The van der Waals surface area contributed by atoms with Crippen molar-refractivity contribution in [1.29, 1.82) is 0 Å². The van der Waals surface area contributed by atoms with Crippen LogP contribution in [0.1, 0.15) is 13.3 Å². The minimum atomic E-state index is -0.132. The van der Waals surface area contributed by atoms with E-state index >= 15 is 0 Å². The van der Waals surface area contributed by atoms with Crippen molar-refractivity contribution in [2.75, 3.05) is 0 Å². The van der Waals surface area contributed by atoms with E-state index in [2.05, 4.69) is 0 Å². The Hall–Kier alpha value is -0.300. The second-order valence-electron chi connectivity index (χ2n) is 2.21. The molecule has 0 aliphatic heterocycles. The van der Waals surface area contributed by atoms with Crippen molar-refractivity contribution < 1.29 is 4.39 Å². The predicted octanol–water partition coefficient (Wildman–Crippen LogP) is 2.80. The maximum Gasteiger partial charge on any atom is 0.121 e. The Labute approximate surface area is 59.0 Å². The standard InChI is InChI=1S/C7H8ClF/c1-5-4-6(8)2-3-7(5)9/h2-3,6H,4H2,1H3. The molecule has 0 nitrogen and oxygen atoms in total. The molecule has 0 aromatic carbocycles. The zero-order valence-corrected chi connectivity index (χ0v) is 5.95.